The fraction of sp³-hybridized carbons (Fsp3) is 0.391. The van der Waals surface area contributed by atoms with Gasteiger partial charge < -0.3 is 15.0 Å². The van der Waals surface area contributed by atoms with Gasteiger partial charge in [0, 0.05) is 13.1 Å². The first-order valence-electron chi connectivity index (χ1n) is 10.6. The van der Waals surface area contributed by atoms with Crippen molar-refractivity contribution in [2.45, 2.75) is 32.9 Å². The Morgan fingerprint density at radius 2 is 1.82 bits per heavy atom. The van der Waals surface area contributed by atoms with E-state index in [0.717, 1.165) is 22.5 Å². The fourth-order valence-electron chi connectivity index (χ4n) is 3.20. The SMILES string of the molecule is CCCNC(=O)C(C)N(Cc1cccc(OC)c1)C(=O)CN(c1ccc(Cl)c(Cl)c1)S(C)(=O)=O. The molecule has 11 heteroatoms. The molecule has 0 aliphatic rings. The van der Waals surface area contributed by atoms with E-state index in [-0.39, 0.29) is 28.2 Å². The number of carbonyl (C=O) groups is 2. The molecule has 2 aromatic carbocycles. The highest BCUT2D eigenvalue weighted by molar-refractivity contribution is 7.92. The summed E-state index contributed by atoms with van der Waals surface area (Å²) in [5, 5.41) is 3.19. The van der Waals surface area contributed by atoms with Gasteiger partial charge in [0.1, 0.15) is 18.3 Å². The van der Waals surface area contributed by atoms with Crippen LogP contribution in [0, 0.1) is 0 Å². The van der Waals surface area contributed by atoms with Crippen LogP contribution >= 0.6 is 23.2 Å². The van der Waals surface area contributed by atoms with Crippen molar-refractivity contribution in [3.05, 3.63) is 58.1 Å². The van der Waals surface area contributed by atoms with E-state index in [1.807, 2.05) is 6.92 Å². The van der Waals surface area contributed by atoms with Crippen molar-refractivity contribution in [3.63, 3.8) is 0 Å². The van der Waals surface area contributed by atoms with E-state index in [1.165, 1.54) is 30.2 Å². The number of methoxy groups -OCH3 is 1. The number of benzene rings is 2. The molecule has 0 saturated heterocycles. The molecule has 1 N–H and O–H groups in total. The summed E-state index contributed by atoms with van der Waals surface area (Å²) in [5.41, 5.74) is 0.915. The minimum absolute atomic E-state index is 0.0791. The molecule has 0 bridgehead atoms. The molecule has 0 aromatic heterocycles. The molecule has 0 spiro atoms. The summed E-state index contributed by atoms with van der Waals surface area (Å²) in [5.74, 6) is -0.293. The Balaban J connectivity index is 2.40. The van der Waals surface area contributed by atoms with Crippen LogP contribution < -0.4 is 14.4 Å². The number of anilines is 1. The van der Waals surface area contributed by atoms with Gasteiger partial charge in [-0.25, -0.2) is 8.42 Å². The molecule has 1 atom stereocenters. The molecule has 186 valence electrons. The summed E-state index contributed by atoms with van der Waals surface area (Å²) in [4.78, 5) is 27.5. The Bertz CT molecular complexity index is 1130. The van der Waals surface area contributed by atoms with E-state index in [9.17, 15) is 18.0 Å². The van der Waals surface area contributed by atoms with Crippen LogP contribution in [0.2, 0.25) is 10.0 Å². The maximum atomic E-state index is 13.5. The molecular formula is C23H29Cl2N3O5S. The molecule has 0 radical (unpaired) electrons. The van der Waals surface area contributed by atoms with Crippen LogP contribution in [0.25, 0.3) is 0 Å². The second kappa shape index (κ2) is 12.3. The Hall–Kier alpha value is -2.49. The van der Waals surface area contributed by atoms with Gasteiger partial charge in [0.25, 0.3) is 0 Å². The van der Waals surface area contributed by atoms with Crippen molar-refractivity contribution in [1.29, 1.82) is 0 Å². The Labute approximate surface area is 210 Å². The predicted octanol–water partition coefficient (Wildman–Crippen LogP) is 3.71. The smallest absolute Gasteiger partial charge is 0.244 e. The summed E-state index contributed by atoms with van der Waals surface area (Å²) in [6.07, 6.45) is 1.73. The second-order valence-electron chi connectivity index (χ2n) is 7.71. The third-order valence-electron chi connectivity index (χ3n) is 5.07. The molecule has 0 heterocycles. The zero-order valence-electron chi connectivity index (χ0n) is 19.5. The largest absolute Gasteiger partial charge is 0.497 e. The van der Waals surface area contributed by atoms with Gasteiger partial charge in [0.15, 0.2) is 0 Å². The number of hydrogen-bond acceptors (Lipinski definition) is 5. The summed E-state index contributed by atoms with van der Waals surface area (Å²) in [6.45, 7) is 3.54. The molecule has 0 aliphatic heterocycles. The van der Waals surface area contributed by atoms with Crippen LogP contribution in [0.4, 0.5) is 5.69 Å². The number of hydrogen-bond donors (Lipinski definition) is 1. The lowest BCUT2D eigenvalue weighted by Crippen LogP contribution is -2.51. The first-order valence-corrected chi connectivity index (χ1v) is 13.2. The summed E-state index contributed by atoms with van der Waals surface area (Å²) >= 11 is 12.0. The van der Waals surface area contributed by atoms with E-state index in [2.05, 4.69) is 5.32 Å². The fourth-order valence-corrected chi connectivity index (χ4v) is 4.33. The lowest BCUT2D eigenvalue weighted by molar-refractivity contribution is -0.139. The predicted molar refractivity (Wildman–Crippen MR) is 135 cm³/mol. The van der Waals surface area contributed by atoms with Crippen molar-refractivity contribution >= 4 is 50.7 Å². The summed E-state index contributed by atoms with van der Waals surface area (Å²) in [7, 11) is -2.32. The average Bonchev–Trinajstić information content (AvgIpc) is 2.80. The number of halogens is 2. The molecule has 8 nitrogen and oxygen atoms in total. The van der Waals surface area contributed by atoms with E-state index in [4.69, 9.17) is 27.9 Å². The van der Waals surface area contributed by atoms with Gasteiger partial charge in [-0.15, -0.1) is 0 Å². The monoisotopic (exact) mass is 529 g/mol. The Morgan fingerprint density at radius 3 is 2.41 bits per heavy atom. The Morgan fingerprint density at radius 1 is 1.12 bits per heavy atom. The van der Waals surface area contributed by atoms with Gasteiger partial charge >= 0.3 is 0 Å². The van der Waals surface area contributed by atoms with Gasteiger partial charge in [-0.1, -0.05) is 42.3 Å². The second-order valence-corrected chi connectivity index (χ2v) is 10.4. The first kappa shape index (κ1) is 27.8. The standard InChI is InChI=1S/C23H29Cl2N3O5S/c1-5-11-26-23(30)16(2)27(14-17-7-6-8-19(12-17)33-3)22(29)15-28(34(4,31)32)18-9-10-20(24)21(25)13-18/h6-10,12-13,16H,5,11,14-15H2,1-4H3,(H,26,30). The van der Waals surface area contributed by atoms with Crippen LogP contribution in [-0.2, 0) is 26.2 Å². The van der Waals surface area contributed by atoms with Crippen LogP contribution in [0.1, 0.15) is 25.8 Å². The number of nitrogens with zero attached hydrogens (tertiary/aromatic N) is 2. The van der Waals surface area contributed by atoms with Crippen molar-refractivity contribution in [2.24, 2.45) is 0 Å². The van der Waals surface area contributed by atoms with E-state index < -0.39 is 28.5 Å². The van der Waals surface area contributed by atoms with Crippen molar-refractivity contribution < 1.29 is 22.7 Å². The quantitative estimate of drug-likeness (QED) is 0.478. The lowest BCUT2D eigenvalue weighted by Gasteiger charge is -2.31. The van der Waals surface area contributed by atoms with E-state index in [0.29, 0.717) is 12.3 Å². The van der Waals surface area contributed by atoms with Gasteiger partial charge in [-0.2, -0.15) is 0 Å². The van der Waals surface area contributed by atoms with Crippen molar-refractivity contribution in [2.75, 3.05) is 30.8 Å². The number of carbonyl (C=O) groups excluding carboxylic acids is 2. The highest BCUT2D eigenvalue weighted by atomic mass is 35.5. The highest BCUT2D eigenvalue weighted by Crippen LogP contribution is 2.28. The van der Waals surface area contributed by atoms with Crippen LogP contribution in [0.5, 0.6) is 5.75 Å². The minimum atomic E-state index is -3.86. The van der Waals surface area contributed by atoms with Crippen LogP contribution in [0.3, 0.4) is 0 Å². The molecule has 0 saturated carbocycles. The van der Waals surface area contributed by atoms with E-state index >= 15 is 0 Å². The molecule has 0 fully saturated rings. The molecule has 2 rings (SSSR count). The number of ether oxygens (including phenoxy) is 1. The maximum absolute atomic E-state index is 13.5. The zero-order valence-corrected chi connectivity index (χ0v) is 21.9. The summed E-state index contributed by atoms with van der Waals surface area (Å²) < 4.78 is 31.3. The van der Waals surface area contributed by atoms with Crippen LogP contribution in [-0.4, -0.2) is 57.6 Å². The topological polar surface area (TPSA) is 96.0 Å². The molecule has 1 unspecified atom stereocenters. The minimum Gasteiger partial charge on any atom is -0.497 e. The summed E-state index contributed by atoms with van der Waals surface area (Å²) in [6, 6.07) is 10.5. The zero-order chi connectivity index (χ0) is 25.5. The normalized spacial score (nSPS) is 12.1. The lowest BCUT2D eigenvalue weighted by atomic mass is 10.1. The number of nitrogens with one attached hydrogen (secondary N) is 1. The third-order valence-corrected chi connectivity index (χ3v) is 6.95. The number of rotatable bonds is 11. The Kier molecular flexibility index (Phi) is 10.0. The highest BCUT2D eigenvalue weighted by Gasteiger charge is 2.30. The average molecular weight is 530 g/mol. The van der Waals surface area contributed by atoms with Gasteiger partial charge in [0.05, 0.1) is 29.1 Å². The van der Waals surface area contributed by atoms with Crippen molar-refractivity contribution in [1.82, 2.24) is 10.2 Å². The molecular weight excluding hydrogens is 501 g/mol. The molecule has 0 aliphatic carbocycles. The number of sulfonamides is 1. The molecule has 2 aromatic rings. The third kappa shape index (κ3) is 7.51. The van der Waals surface area contributed by atoms with Crippen LogP contribution in [0.15, 0.2) is 42.5 Å². The van der Waals surface area contributed by atoms with Crippen molar-refractivity contribution in [3.8, 4) is 5.75 Å². The van der Waals surface area contributed by atoms with Gasteiger partial charge in [-0.05, 0) is 49.2 Å². The van der Waals surface area contributed by atoms with Gasteiger partial charge in [0.2, 0.25) is 21.8 Å². The van der Waals surface area contributed by atoms with E-state index in [1.54, 1.807) is 31.2 Å². The molecule has 34 heavy (non-hydrogen) atoms. The first-order chi connectivity index (χ1) is 16.0. The number of amides is 2. The maximum Gasteiger partial charge on any atom is 0.244 e. The molecule has 2 amide bonds. The van der Waals surface area contributed by atoms with Gasteiger partial charge in [-0.3, -0.25) is 13.9 Å².